The summed E-state index contributed by atoms with van der Waals surface area (Å²) in [6.07, 6.45) is 7.24. The summed E-state index contributed by atoms with van der Waals surface area (Å²) in [7, 11) is -1.69. The molecule has 1 aromatic rings. The second kappa shape index (κ2) is 7.07. The van der Waals surface area contributed by atoms with E-state index in [1.165, 1.54) is 25.7 Å². The van der Waals surface area contributed by atoms with Crippen molar-refractivity contribution < 1.29 is 13.2 Å². The summed E-state index contributed by atoms with van der Waals surface area (Å²) in [6, 6.07) is 8.84. The zero-order valence-corrected chi connectivity index (χ0v) is 20.2. The fourth-order valence-corrected chi connectivity index (χ4v) is 10.9. The molecule has 1 amide bonds. The molecule has 4 fully saturated rings. The number of hydrogen-bond donors (Lipinski definition) is 0. The smallest absolute Gasteiger partial charge is 0.223 e. The van der Waals surface area contributed by atoms with Gasteiger partial charge in [-0.25, -0.2) is 8.42 Å². The molecule has 0 spiro atoms. The molecule has 0 radical (unpaired) electrons. The van der Waals surface area contributed by atoms with Crippen molar-refractivity contribution in [1.29, 1.82) is 0 Å². The van der Waals surface area contributed by atoms with Crippen molar-refractivity contribution in [2.45, 2.75) is 81.9 Å². The lowest BCUT2D eigenvalue weighted by atomic mass is 9.45. The third kappa shape index (κ3) is 2.91. The highest BCUT2D eigenvalue weighted by Crippen LogP contribution is 2.66. The SMILES string of the molecule is CC1CC2N(C)C(=O)CC(S(=O)(=O)c3ccccc3)[C@]2(C)[C@@H]2CC[C@]3(C)CCC[C@H]3[C@H]12. The van der Waals surface area contributed by atoms with Crippen LogP contribution in [0.4, 0.5) is 0 Å². The Morgan fingerprint density at radius 2 is 1.74 bits per heavy atom. The van der Waals surface area contributed by atoms with Crippen LogP contribution in [-0.4, -0.2) is 37.6 Å². The molecule has 3 saturated carbocycles. The maximum Gasteiger partial charge on any atom is 0.223 e. The highest BCUT2D eigenvalue weighted by Gasteiger charge is 2.66. The van der Waals surface area contributed by atoms with Crippen LogP contribution in [0, 0.1) is 34.5 Å². The van der Waals surface area contributed by atoms with Gasteiger partial charge in [-0.1, -0.05) is 45.4 Å². The molecule has 0 aromatic heterocycles. The van der Waals surface area contributed by atoms with E-state index < -0.39 is 20.5 Å². The van der Waals surface area contributed by atoms with Crippen LogP contribution in [-0.2, 0) is 14.6 Å². The molecule has 5 heteroatoms. The standard InChI is InChI=1S/C26H37NO3S/c1-17-15-21-26(3,20-12-14-25(2)13-8-11-19(25)24(17)20)22(16-23(28)27(21)4)31(29,30)18-9-6-5-7-10-18/h5-7,9-10,17,19-22,24H,8,11-16H2,1-4H3/t17?,19-,20+,21?,22?,24-,25-,26+/m0/s1. The molecule has 4 aliphatic rings. The molecule has 1 aliphatic heterocycles. The highest BCUT2D eigenvalue weighted by atomic mass is 32.2. The first kappa shape index (κ1) is 21.5. The van der Waals surface area contributed by atoms with Crippen molar-refractivity contribution in [2.24, 2.45) is 34.5 Å². The van der Waals surface area contributed by atoms with Crippen molar-refractivity contribution in [3.63, 3.8) is 0 Å². The topological polar surface area (TPSA) is 54.5 Å². The molecule has 0 bridgehead atoms. The van der Waals surface area contributed by atoms with E-state index >= 15 is 0 Å². The molecular formula is C26H37NO3S. The monoisotopic (exact) mass is 443 g/mol. The fourth-order valence-electron chi connectivity index (χ4n) is 8.66. The quantitative estimate of drug-likeness (QED) is 0.651. The Morgan fingerprint density at radius 1 is 1.03 bits per heavy atom. The normalized spacial score (nSPS) is 45.0. The van der Waals surface area contributed by atoms with Gasteiger partial charge in [0.1, 0.15) is 0 Å². The Morgan fingerprint density at radius 3 is 2.45 bits per heavy atom. The third-order valence-corrected chi connectivity index (χ3v) is 12.6. The average molecular weight is 444 g/mol. The van der Waals surface area contributed by atoms with Crippen LogP contribution in [0.1, 0.15) is 65.7 Å². The number of amides is 1. The maximum atomic E-state index is 14.0. The molecular weight excluding hydrogens is 406 g/mol. The van der Waals surface area contributed by atoms with Gasteiger partial charge in [-0.3, -0.25) is 4.79 Å². The Bertz CT molecular complexity index is 976. The number of carbonyl (C=O) groups excluding carboxylic acids is 1. The van der Waals surface area contributed by atoms with Gasteiger partial charge in [0.2, 0.25) is 5.91 Å². The lowest BCUT2D eigenvalue weighted by molar-refractivity contribution is -0.163. The first-order chi connectivity index (χ1) is 14.6. The van der Waals surface area contributed by atoms with E-state index in [9.17, 15) is 13.2 Å². The second-order valence-corrected chi connectivity index (χ2v) is 13.7. The summed E-state index contributed by atoms with van der Waals surface area (Å²) in [5, 5.41) is -0.637. The highest BCUT2D eigenvalue weighted by molar-refractivity contribution is 7.92. The maximum absolute atomic E-state index is 14.0. The molecule has 0 N–H and O–H groups in total. The summed E-state index contributed by atoms with van der Waals surface area (Å²) < 4.78 is 28.0. The number of rotatable bonds is 2. The van der Waals surface area contributed by atoms with Crippen molar-refractivity contribution in [3.8, 4) is 0 Å². The van der Waals surface area contributed by atoms with Crippen molar-refractivity contribution in [3.05, 3.63) is 30.3 Å². The number of sulfone groups is 1. The second-order valence-electron chi connectivity index (χ2n) is 11.5. The van der Waals surface area contributed by atoms with Crippen LogP contribution in [0.2, 0.25) is 0 Å². The predicted octanol–water partition coefficient (Wildman–Crippen LogP) is 4.94. The molecule has 1 heterocycles. The first-order valence-corrected chi connectivity index (χ1v) is 13.7. The Hall–Kier alpha value is -1.36. The van der Waals surface area contributed by atoms with E-state index in [2.05, 4.69) is 20.8 Å². The lowest BCUT2D eigenvalue weighted by Crippen LogP contribution is -2.68. The van der Waals surface area contributed by atoms with Crippen LogP contribution in [0.25, 0.3) is 0 Å². The number of likely N-dealkylation sites (tertiary alicyclic amines) is 1. The molecule has 31 heavy (non-hydrogen) atoms. The van der Waals surface area contributed by atoms with E-state index in [0.29, 0.717) is 34.0 Å². The molecule has 3 aliphatic carbocycles. The Kier molecular flexibility index (Phi) is 4.90. The van der Waals surface area contributed by atoms with Gasteiger partial charge in [0.05, 0.1) is 10.1 Å². The van der Waals surface area contributed by atoms with Gasteiger partial charge in [0, 0.05) is 24.9 Å². The summed E-state index contributed by atoms with van der Waals surface area (Å²) in [5.41, 5.74) is 0.0151. The summed E-state index contributed by atoms with van der Waals surface area (Å²) in [5.74, 6) is 2.13. The third-order valence-electron chi connectivity index (χ3n) is 10.2. The number of hydrogen-bond acceptors (Lipinski definition) is 3. The van der Waals surface area contributed by atoms with Crippen LogP contribution in [0.15, 0.2) is 35.2 Å². The summed E-state index contributed by atoms with van der Waals surface area (Å²) >= 11 is 0. The van der Waals surface area contributed by atoms with Gasteiger partial charge < -0.3 is 4.90 Å². The Labute approximate surface area is 187 Å². The zero-order chi connectivity index (χ0) is 22.2. The van der Waals surface area contributed by atoms with Gasteiger partial charge in [-0.15, -0.1) is 0 Å². The van der Waals surface area contributed by atoms with E-state index in [-0.39, 0.29) is 18.4 Å². The van der Waals surface area contributed by atoms with Crippen molar-refractivity contribution >= 4 is 15.7 Å². The number of carbonyl (C=O) groups is 1. The van der Waals surface area contributed by atoms with E-state index in [1.807, 2.05) is 18.0 Å². The van der Waals surface area contributed by atoms with Gasteiger partial charge in [-0.05, 0) is 73.3 Å². The predicted molar refractivity (Wildman–Crippen MR) is 122 cm³/mol. The minimum absolute atomic E-state index is 0.000698. The minimum Gasteiger partial charge on any atom is -0.342 e. The molecule has 5 rings (SSSR count). The fraction of sp³-hybridized carbons (Fsp3) is 0.731. The Balaban J connectivity index is 1.63. The number of benzene rings is 1. The van der Waals surface area contributed by atoms with Gasteiger partial charge in [-0.2, -0.15) is 0 Å². The molecule has 170 valence electrons. The first-order valence-electron chi connectivity index (χ1n) is 12.2. The molecule has 1 aromatic carbocycles. The summed E-state index contributed by atoms with van der Waals surface area (Å²) in [6.45, 7) is 7.08. The average Bonchev–Trinajstić information content (AvgIpc) is 3.14. The van der Waals surface area contributed by atoms with Gasteiger partial charge >= 0.3 is 0 Å². The number of nitrogens with zero attached hydrogens (tertiary/aromatic N) is 1. The molecule has 1 saturated heterocycles. The largest absolute Gasteiger partial charge is 0.342 e. The van der Waals surface area contributed by atoms with E-state index in [0.717, 1.165) is 12.8 Å². The van der Waals surface area contributed by atoms with Gasteiger partial charge in [0.15, 0.2) is 9.84 Å². The van der Waals surface area contributed by atoms with Crippen LogP contribution >= 0.6 is 0 Å². The van der Waals surface area contributed by atoms with Crippen molar-refractivity contribution in [1.82, 2.24) is 4.90 Å². The van der Waals surface area contributed by atoms with Crippen LogP contribution in [0.3, 0.4) is 0 Å². The van der Waals surface area contributed by atoms with Crippen LogP contribution in [0.5, 0.6) is 0 Å². The van der Waals surface area contributed by atoms with Gasteiger partial charge in [0.25, 0.3) is 0 Å². The van der Waals surface area contributed by atoms with E-state index in [4.69, 9.17) is 0 Å². The van der Waals surface area contributed by atoms with E-state index in [1.54, 1.807) is 24.3 Å². The number of piperidine rings is 1. The molecule has 3 unspecified atom stereocenters. The van der Waals surface area contributed by atoms with Crippen LogP contribution < -0.4 is 0 Å². The molecule has 4 nitrogen and oxygen atoms in total. The molecule has 8 atom stereocenters. The zero-order valence-electron chi connectivity index (χ0n) is 19.4. The summed E-state index contributed by atoms with van der Waals surface area (Å²) in [4.78, 5) is 15.3. The van der Waals surface area contributed by atoms with Crippen molar-refractivity contribution in [2.75, 3.05) is 7.05 Å². The number of fused-ring (bicyclic) bond motifs is 5. The lowest BCUT2D eigenvalue weighted by Gasteiger charge is -2.65. The minimum atomic E-state index is -3.60.